The first-order valence-corrected chi connectivity index (χ1v) is 3.80. The van der Waals surface area contributed by atoms with Gasteiger partial charge >= 0.3 is 0 Å². The third-order valence-corrected chi connectivity index (χ3v) is 1.32. The summed E-state index contributed by atoms with van der Waals surface area (Å²) in [6, 6.07) is 3.56. The Morgan fingerprint density at radius 3 is 2.00 bits per heavy atom. The van der Waals surface area contributed by atoms with Crippen molar-refractivity contribution >= 4 is 5.69 Å². The second-order valence-corrected chi connectivity index (χ2v) is 2.96. The molecule has 0 aliphatic heterocycles. The summed E-state index contributed by atoms with van der Waals surface area (Å²) in [7, 11) is 0. The molecular weight excluding hydrogens is 160 g/mol. The summed E-state index contributed by atoms with van der Waals surface area (Å²) in [6.45, 7) is 3.81. The largest absolute Gasteiger partial charge is 0.383 e. The zero-order valence-electron chi connectivity index (χ0n) is 7.07. The Kier molecular flexibility index (Phi) is 2.63. The Labute approximate surface area is 70.4 Å². The van der Waals surface area contributed by atoms with Crippen LogP contribution in [0.4, 0.5) is 14.5 Å². The highest BCUT2D eigenvalue weighted by molar-refractivity contribution is 5.44. The van der Waals surface area contributed by atoms with Gasteiger partial charge in [0, 0.05) is 17.8 Å². The van der Waals surface area contributed by atoms with Gasteiger partial charge < -0.3 is 5.32 Å². The molecule has 0 saturated heterocycles. The van der Waals surface area contributed by atoms with Gasteiger partial charge in [-0.1, -0.05) is 0 Å². The molecule has 3 heteroatoms. The van der Waals surface area contributed by atoms with Crippen LogP contribution in [0.5, 0.6) is 0 Å². The van der Waals surface area contributed by atoms with Crippen LogP contribution in [0.3, 0.4) is 0 Å². The number of benzene rings is 1. The van der Waals surface area contributed by atoms with E-state index in [0.29, 0.717) is 5.69 Å². The van der Waals surface area contributed by atoms with Crippen molar-refractivity contribution in [3.8, 4) is 0 Å². The SMILES string of the molecule is CC(C)Nc1cc(F)cc(F)c1. The van der Waals surface area contributed by atoms with Crippen molar-refractivity contribution in [1.82, 2.24) is 0 Å². The van der Waals surface area contributed by atoms with E-state index >= 15 is 0 Å². The third kappa shape index (κ3) is 2.49. The number of hydrogen-bond donors (Lipinski definition) is 1. The van der Waals surface area contributed by atoms with Gasteiger partial charge in [0.25, 0.3) is 0 Å². The first kappa shape index (κ1) is 8.97. The van der Waals surface area contributed by atoms with Crippen molar-refractivity contribution in [1.29, 1.82) is 0 Å². The molecule has 0 heterocycles. The quantitative estimate of drug-likeness (QED) is 0.721. The van der Waals surface area contributed by atoms with Crippen LogP contribution in [0.15, 0.2) is 18.2 Å². The van der Waals surface area contributed by atoms with Gasteiger partial charge in [0.1, 0.15) is 11.6 Å². The summed E-state index contributed by atoms with van der Waals surface area (Å²) >= 11 is 0. The van der Waals surface area contributed by atoms with Crippen molar-refractivity contribution in [3.05, 3.63) is 29.8 Å². The molecule has 0 aliphatic carbocycles. The molecule has 0 radical (unpaired) electrons. The van der Waals surface area contributed by atoms with Crippen molar-refractivity contribution in [2.75, 3.05) is 5.32 Å². The maximum Gasteiger partial charge on any atom is 0.128 e. The molecule has 12 heavy (non-hydrogen) atoms. The topological polar surface area (TPSA) is 12.0 Å². The van der Waals surface area contributed by atoms with Crippen molar-refractivity contribution in [2.24, 2.45) is 0 Å². The standard InChI is InChI=1S/C9H11F2N/c1-6(2)12-9-4-7(10)3-8(11)5-9/h3-6,12H,1-2H3. The van der Waals surface area contributed by atoms with Crippen LogP contribution >= 0.6 is 0 Å². The molecule has 1 rings (SSSR count). The van der Waals surface area contributed by atoms with E-state index in [1.165, 1.54) is 12.1 Å². The fourth-order valence-electron chi connectivity index (χ4n) is 0.970. The Hall–Kier alpha value is -1.12. The van der Waals surface area contributed by atoms with Crippen molar-refractivity contribution in [2.45, 2.75) is 19.9 Å². The Morgan fingerprint density at radius 2 is 1.58 bits per heavy atom. The van der Waals surface area contributed by atoms with Gasteiger partial charge in [-0.05, 0) is 26.0 Å². The van der Waals surface area contributed by atoms with E-state index in [1.54, 1.807) is 0 Å². The minimum atomic E-state index is -0.557. The second-order valence-electron chi connectivity index (χ2n) is 2.96. The summed E-state index contributed by atoms with van der Waals surface area (Å²) in [6.07, 6.45) is 0. The molecule has 1 nitrogen and oxygen atoms in total. The summed E-state index contributed by atoms with van der Waals surface area (Å²) in [5, 5.41) is 2.91. The van der Waals surface area contributed by atoms with E-state index in [-0.39, 0.29) is 6.04 Å². The van der Waals surface area contributed by atoms with Crippen LogP contribution < -0.4 is 5.32 Å². The highest BCUT2D eigenvalue weighted by Crippen LogP contribution is 2.13. The Bertz CT molecular complexity index is 251. The maximum atomic E-state index is 12.6. The first-order valence-electron chi connectivity index (χ1n) is 3.80. The average molecular weight is 171 g/mol. The molecule has 0 atom stereocenters. The molecule has 1 N–H and O–H groups in total. The van der Waals surface area contributed by atoms with Crippen LogP contribution in [-0.2, 0) is 0 Å². The van der Waals surface area contributed by atoms with Crippen LogP contribution in [0.1, 0.15) is 13.8 Å². The normalized spacial score (nSPS) is 10.4. The third-order valence-electron chi connectivity index (χ3n) is 1.32. The van der Waals surface area contributed by atoms with E-state index in [9.17, 15) is 8.78 Å². The Balaban J connectivity index is 2.85. The molecule has 0 saturated carbocycles. The lowest BCUT2D eigenvalue weighted by molar-refractivity contribution is 0.583. The maximum absolute atomic E-state index is 12.6. The fourth-order valence-corrected chi connectivity index (χ4v) is 0.970. The van der Waals surface area contributed by atoms with E-state index in [4.69, 9.17) is 0 Å². The van der Waals surface area contributed by atoms with Gasteiger partial charge in [0.05, 0.1) is 0 Å². The number of anilines is 1. The van der Waals surface area contributed by atoms with E-state index in [0.717, 1.165) is 6.07 Å². The van der Waals surface area contributed by atoms with Gasteiger partial charge in [-0.2, -0.15) is 0 Å². The van der Waals surface area contributed by atoms with Crippen molar-refractivity contribution in [3.63, 3.8) is 0 Å². The predicted octanol–water partition coefficient (Wildman–Crippen LogP) is 2.79. The number of rotatable bonds is 2. The monoisotopic (exact) mass is 171 g/mol. The van der Waals surface area contributed by atoms with E-state index in [2.05, 4.69) is 5.32 Å². The molecule has 0 aromatic heterocycles. The molecule has 0 amide bonds. The van der Waals surface area contributed by atoms with Gasteiger partial charge in [-0.25, -0.2) is 8.78 Å². The lowest BCUT2D eigenvalue weighted by Gasteiger charge is -2.09. The van der Waals surface area contributed by atoms with Crippen LogP contribution in [0.2, 0.25) is 0 Å². The molecule has 0 aliphatic rings. The second kappa shape index (κ2) is 3.52. The molecule has 0 unspecified atom stereocenters. The molecule has 0 bridgehead atoms. The van der Waals surface area contributed by atoms with Gasteiger partial charge in [0.15, 0.2) is 0 Å². The predicted molar refractivity (Wildman–Crippen MR) is 45.1 cm³/mol. The lowest BCUT2D eigenvalue weighted by atomic mass is 10.2. The van der Waals surface area contributed by atoms with Crippen LogP contribution in [-0.4, -0.2) is 6.04 Å². The zero-order valence-corrected chi connectivity index (χ0v) is 7.07. The Morgan fingerprint density at radius 1 is 1.08 bits per heavy atom. The molecule has 66 valence electrons. The zero-order chi connectivity index (χ0) is 9.14. The van der Waals surface area contributed by atoms with Gasteiger partial charge in [0.2, 0.25) is 0 Å². The average Bonchev–Trinajstić information content (AvgIpc) is 1.81. The molecule has 1 aromatic carbocycles. The summed E-state index contributed by atoms with van der Waals surface area (Å²) < 4.78 is 25.2. The molecule has 0 spiro atoms. The van der Waals surface area contributed by atoms with Crippen LogP contribution in [0, 0.1) is 11.6 Å². The molecule has 1 aromatic rings. The van der Waals surface area contributed by atoms with Crippen molar-refractivity contribution < 1.29 is 8.78 Å². The summed E-state index contributed by atoms with van der Waals surface area (Å²) in [5.74, 6) is -1.11. The lowest BCUT2D eigenvalue weighted by Crippen LogP contribution is -2.09. The van der Waals surface area contributed by atoms with E-state index in [1.807, 2.05) is 13.8 Å². The fraction of sp³-hybridized carbons (Fsp3) is 0.333. The smallest absolute Gasteiger partial charge is 0.128 e. The minimum Gasteiger partial charge on any atom is -0.383 e. The van der Waals surface area contributed by atoms with Crippen LogP contribution in [0.25, 0.3) is 0 Å². The minimum absolute atomic E-state index is 0.172. The number of halogens is 2. The highest BCUT2D eigenvalue weighted by Gasteiger charge is 2.00. The van der Waals surface area contributed by atoms with E-state index < -0.39 is 11.6 Å². The first-order chi connectivity index (χ1) is 5.58. The molecule has 0 fully saturated rings. The summed E-state index contributed by atoms with van der Waals surface area (Å²) in [4.78, 5) is 0. The summed E-state index contributed by atoms with van der Waals surface area (Å²) in [5.41, 5.74) is 0.475. The highest BCUT2D eigenvalue weighted by atomic mass is 19.1. The number of hydrogen-bond acceptors (Lipinski definition) is 1. The molecular formula is C9H11F2N. The van der Waals surface area contributed by atoms with Gasteiger partial charge in [-0.3, -0.25) is 0 Å². The van der Waals surface area contributed by atoms with Gasteiger partial charge in [-0.15, -0.1) is 0 Å². The number of nitrogens with one attached hydrogen (secondary N) is 1.